The molecule has 2 aliphatic rings. The number of hydrogen-bond acceptors (Lipinski definition) is 2. The summed E-state index contributed by atoms with van der Waals surface area (Å²) >= 11 is 0. The van der Waals surface area contributed by atoms with Crippen LogP contribution in [0.3, 0.4) is 0 Å². The number of rotatable bonds is 3. The Labute approximate surface area is 160 Å². The maximum Gasteiger partial charge on any atom is 0.222 e. The van der Waals surface area contributed by atoms with Gasteiger partial charge in [0, 0.05) is 56.6 Å². The Balaban J connectivity index is 1.35. The number of piperidine rings is 2. The lowest BCUT2D eigenvalue weighted by Gasteiger charge is -2.47. The van der Waals surface area contributed by atoms with Gasteiger partial charge in [-0.05, 0) is 49.1 Å². The number of nitrogens with one attached hydrogen (secondary N) is 1. The molecule has 3 heterocycles. The van der Waals surface area contributed by atoms with Crippen LogP contribution in [0, 0.1) is 5.41 Å². The molecule has 144 valence electrons. The summed E-state index contributed by atoms with van der Waals surface area (Å²) in [5.74, 6) is 0.445. The first-order chi connectivity index (χ1) is 13.1. The molecular formula is C22H29N3O2. The van der Waals surface area contributed by atoms with Crippen LogP contribution < -0.4 is 0 Å². The molecule has 1 spiro atoms. The van der Waals surface area contributed by atoms with E-state index in [2.05, 4.69) is 22.0 Å². The molecule has 1 aromatic carbocycles. The number of amides is 2. The van der Waals surface area contributed by atoms with Crippen LogP contribution in [-0.2, 0) is 16.0 Å². The Morgan fingerprint density at radius 3 is 2.63 bits per heavy atom. The first-order valence-electron chi connectivity index (χ1n) is 10.1. The van der Waals surface area contributed by atoms with Gasteiger partial charge >= 0.3 is 0 Å². The van der Waals surface area contributed by atoms with Crippen molar-refractivity contribution in [1.29, 1.82) is 0 Å². The predicted octanol–water partition coefficient (Wildman–Crippen LogP) is 3.35. The van der Waals surface area contributed by atoms with Crippen LogP contribution in [0.15, 0.2) is 30.5 Å². The van der Waals surface area contributed by atoms with E-state index in [0.29, 0.717) is 6.42 Å². The Morgan fingerprint density at radius 2 is 1.85 bits per heavy atom. The molecule has 0 radical (unpaired) electrons. The quantitative estimate of drug-likeness (QED) is 0.904. The molecule has 5 nitrogen and oxygen atoms in total. The van der Waals surface area contributed by atoms with Crippen LogP contribution in [0.4, 0.5) is 0 Å². The number of carbonyl (C=O) groups is 2. The normalized spacial score (nSPS) is 19.6. The number of hydrogen-bond donors (Lipinski definition) is 1. The fourth-order valence-electron chi connectivity index (χ4n) is 4.86. The maximum absolute atomic E-state index is 12.9. The van der Waals surface area contributed by atoms with Gasteiger partial charge < -0.3 is 14.8 Å². The summed E-state index contributed by atoms with van der Waals surface area (Å²) in [7, 11) is 0. The maximum atomic E-state index is 12.9. The fraction of sp³-hybridized carbons (Fsp3) is 0.545. The van der Waals surface area contributed by atoms with E-state index in [0.717, 1.165) is 57.4 Å². The van der Waals surface area contributed by atoms with Crippen LogP contribution in [0.25, 0.3) is 10.9 Å². The molecular weight excluding hydrogens is 338 g/mol. The first kappa shape index (κ1) is 18.1. The van der Waals surface area contributed by atoms with Gasteiger partial charge in [-0.2, -0.15) is 0 Å². The predicted molar refractivity (Wildman–Crippen MR) is 106 cm³/mol. The standard InChI is InChI=1S/C22H29N3O2/c1-17(26)24-13-10-22(11-14-24)9-4-12-25(16-22)21(27)8-7-18-15-23-20-6-3-2-5-19(18)20/h2-3,5-6,15,23H,4,7-14,16H2,1H3. The molecule has 1 N–H and O–H groups in total. The lowest BCUT2D eigenvalue weighted by Crippen LogP contribution is -2.51. The molecule has 2 saturated heterocycles. The van der Waals surface area contributed by atoms with Crippen molar-refractivity contribution in [3.05, 3.63) is 36.0 Å². The van der Waals surface area contributed by atoms with Crippen LogP contribution >= 0.6 is 0 Å². The molecule has 0 unspecified atom stereocenters. The van der Waals surface area contributed by atoms with E-state index in [1.54, 1.807) is 6.92 Å². The van der Waals surface area contributed by atoms with Crippen molar-refractivity contribution < 1.29 is 9.59 Å². The van der Waals surface area contributed by atoms with Gasteiger partial charge in [-0.1, -0.05) is 18.2 Å². The molecule has 5 heteroatoms. The topological polar surface area (TPSA) is 56.4 Å². The van der Waals surface area contributed by atoms with Crippen molar-refractivity contribution in [3.8, 4) is 0 Å². The van der Waals surface area contributed by atoms with Crippen LogP contribution in [0.5, 0.6) is 0 Å². The minimum absolute atomic E-state index is 0.173. The minimum Gasteiger partial charge on any atom is -0.361 e. The number of carbonyl (C=O) groups excluding carboxylic acids is 2. The van der Waals surface area contributed by atoms with E-state index < -0.39 is 0 Å². The van der Waals surface area contributed by atoms with Crippen molar-refractivity contribution in [2.75, 3.05) is 26.2 Å². The third kappa shape index (κ3) is 3.73. The van der Waals surface area contributed by atoms with E-state index in [-0.39, 0.29) is 17.2 Å². The van der Waals surface area contributed by atoms with E-state index in [4.69, 9.17) is 0 Å². The van der Waals surface area contributed by atoms with Crippen molar-refractivity contribution in [3.63, 3.8) is 0 Å². The minimum atomic E-state index is 0.173. The zero-order chi connectivity index (χ0) is 18.9. The van der Waals surface area contributed by atoms with Crippen molar-refractivity contribution in [2.24, 2.45) is 5.41 Å². The number of aromatic amines is 1. The summed E-state index contributed by atoms with van der Waals surface area (Å²) in [5, 5.41) is 1.22. The van der Waals surface area contributed by atoms with Gasteiger partial charge in [-0.15, -0.1) is 0 Å². The molecule has 0 saturated carbocycles. The molecule has 0 bridgehead atoms. The summed E-state index contributed by atoms with van der Waals surface area (Å²) in [5.41, 5.74) is 2.58. The number of nitrogens with zero attached hydrogens (tertiary/aromatic N) is 2. The number of likely N-dealkylation sites (tertiary alicyclic amines) is 2. The largest absolute Gasteiger partial charge is 0.361 e. The summed E-state index contributed by atoms with van der Waals surface area (Å²) in [6.07, 6.45) is 7.70. The van der Waals surface area contributed by atoms with E-state index in [1.807, 2.05) is 23.2 Å². The Morgan fingerprint density at radius 1 is 1.07 bits per heavy atom. The van der Waals surface area contributed by atoms with Gasteiger partial charge in [0.15, 0.2) is 0 Å². The average molecular weight is 367 g/mol. The van der Waals surface area contributed by atoms with Crippen LogP contribution in [0.1, 0.15) is 44.6 Å². The van der Waals surface area contributed by atoms with Crippen molar-refractivity contribution in [1.82, 2.24) is 14.8 Å². The van der Waals surface area contributed by atoms with Crippen molar-refractivity contribution >= 4 is 22.7 Å². The van der Waals surface area contributed by atoms with Gasteiger partial charge in [0.25, 0.3) is 0 Å². The number of para-hydroxylation sites is 1. The number of fused-ring (bicyclic) bond motifs is 1. The second-order valence-electron chi connectivity index (χ2n) is 8.28. The Bertz CT molecular complexity index is 833. The number of aromatic nitrogens is 1. The van der Waals surface area contributed by atoms with Gasteiger partial charge in [0.2, 0.25) is 11.8 Å². The molecule has 2 aromatic rings. The monoisotopic (exact) mass is 367 g/mol. The third-order valence-corrected chi connectivity index (χ3v) is 6.57. The van der Waals surface area contributed by atoms with Crippen LogP contribution in [-0.4, -0.2) is 52.8 Å². The zero-order valence-electron chi connectivity index (χ0n) is 16.2. The molecule has 4 rings (SSSR count). The number of benzene rings is 1. The molecule has 2 amide bonds. The number of H-pyrrole nitrogens is 1. The highest BCUT2D eigenvalue weighted by Crippen LogP contribution is 2.40. The smallest absolute Gasteiger partial charge is 0.222 e. The molecule has 1 aromatic heterocycles. The molecule has 27 heavy (non-hydrogen) atoms. The first-order valence-corrected chi connectivity index (χ1v) is 10.1. The van der Waals surface area contributed by atoms with Crippen LogP contribution in [0.2, 0.25) is 0 Å². The Kier molecular flexibility index (Phi) is 4.94. The highest BCUT2D eigenvalue weighted by Gasteiger charge is 2.39. The third-order valence-electron chi connectivity index (χ3n) is 6.57. The van der Waals surface area contributed by atoms with Gasteiger partial charge in [-0.3, -0.25) is 9.59 Å². The van der Waals surface area contributed by atoms with E-state index in [9.17, 15) is 9.59 Å². The lowest BCUT2D eigenvalue weighted by molar-refractivity contribution is -0.138. The average Bonchev–Trinajstić information content (AvgIpc) is 3.10. The molecule has 2 aliphatic heterocycles. The second-order valence-corrected chi connectivity index (χ2v) is 8.28. The lowest BCUT2D eigenvalue weighted by atomic mass is 9.72. The highest BCUT2D eigenvalue weighted by molar-refractivity contribution is 5.84. The number of aryl methyl sites for hydroxylation is 1. The zero-order valence-corrected chi connectivity index (χ0v) is 16.2. The molecule has 0 atom stereocenters. The summed E-state index contributed by atoms with van der Waals surface area (Å²) in [6.45, 7) is 5.08. The molecule has 2 fully saturated rings. The van der Waals surface area contributed by atoms with E-state index in [1.165, 1.54) is 17.4 Å². The molecule has 0 aliphatic carbocycles. The van der Waals surface area contributed by atoms with E-state index >= 15 is 0 Å². The van der Waals surface area contributed by atoms with Crippen molar-refractivity contribution in [2.45, 2.75) is 45.4 Å². The summed E-state index contributed by atoms with van der Waals surface area (Å²) < 4.78 is 0. The second kappa shape index (κ2) is 7.37. The van der Waals surface area contributed by atoms with Gasteiger partial charge in [-0.25, -0.2) is 0 Å². The fourth-order valence-corrected chi connectivity index (χ4v) is 4.86. The summed E-state index contributed by atoms with van der Waals surface area (Å²) in [4.78, 5) is 31.8. The Hall–Kier alpha value is -2.30. The van der Waals surface area contributed by atoms with Gasteiger partial charge in [0.05, 0.1) is 0 Å². The van der Waals surface area contributed by atoms with Gasteiger partial charge in [0.1, 0.15) is 0 Å². The SMILES string of the molecule is CC(=O)N1CCC2(CCCN(C(=O)CCc3c[nH]c4ccccc34)C2)CC1. The highest BCUT2D eigenvalue weighted by atomic mass is 16.2. The summed E-state index contributed by atoms with van der Waals surface area (Å²) in [6, 6.07) is 8.26.